The van der Waals surface area contributed by atoms with E-state index in [2.05, 4.69) is 44.9 Å². The maximum absolute atomic E-state index is 5.84. The lowest BCUT2D eigenvalue weighted by Gasteiger charge is -2.13. The number of nitrogens with zero attached hydrogens (tertiary/aromatic N) is 4. The number of aromatic amines is 1. The maximum atomic E-state index is 5.84. The lowest BCUT2D eigenvalue weighted by atomic mass is 9.99. The van der Waals surface area contributed by atoms with Crippen molar-refractivity contribution in [1.29, 1.82) is 0 Å². The van der Waals surface area contributed by atoms with Gasteiger partial charge in [0.1, 0.15) is 17.3 Å². The Balaban J connectivity index is 1.70. The summed E-state index contributed by atoms with van der Waals surface area (Å²) >= 11 is 0. The van der Waals surface area contributed by atoms with Crippen molar-refractivity contribution in [2.75, 3.05) is 0 Å². The molecule has 0 amide bonds. The zero-order chi connectivity index (χ0) is 18.8. The second-order valence-electron chi connectivity index (χ2n) is 6.92. The van der Waals surface area contributed by atoms with Crippen molar-refractivity contribution < 1.29 is 4.42 Å². The predicted octanol–water partition coefficient (Wildman–Crippen LogP) is 4.27. The summed E-state index contributed by atoms with van der Waals surface area (Å²) in [6, 6.07) is 14.3. The van der Waals surface area contributed by atoms with E-state index in [1.807, 2.05) is 44.4 Å². The van der Waals surface area contributed by atoms with Gasteiger partial charge in [0.2, 0.25) is 0 Å². The molecule has 6 nitrogen and oxygen atoms in total. The maximum Gasteiger partial charge on any atom is 0.170 e. The van der Waals surface area contributed by atoms with Crippen LogP contribution < -0.4 is 0 Å². The van der Waals surface area contributed by atoms with Gasteiger partial charge in [-0.2, -0.15) is 5.10 Å². The van der Waals surface area contributed by atoms with Crippen LogP contribution in [0.3, 0.4) is 0 Å². The molecule has 6 heteroatoms. The van der Waals surface area contributed by atoms with Crippen molar-refractivity contribution >= 4 is 0 Å². The minimum Gasteiger partial charge on any atom is -0.466 e. The van der Waals surface area contributed by atoms with Crippen molar-refractivity contribution in [3.8, 4) is 11.3 Å². The molecule has 27 heavy (non-hydrogen) atoms. The van der Waals surface area contributed by atoms with Crippen molar-refractivity contribution in [3.63, 3.8) is 0 Å². The summed E-state index contributed by atoms with van der Waals surface area (Å²) in [5.41, 5.74) is 3.27. The van der Waals surface area contributed by atoms with E-state index < -0.39 is 0 Å². The van der Waals surface area contributed by atoms with Crippen LogP contribution >= 0.6 is 0 Å². The highest BCUT2D eigenvalue weighted by molar-refractivity contribution is 5.62. The molecule has 0 fully saturated rings. The smallest absolute Gasteiger partial charge is 0.170 e. The molecule has 4 rings (SSSR count). The van der Waals surface area contributed by atoms with Crippen LogP contribution in [0, 0.1) is 13.8 Å². The highest BCUT2D eigenvalue weighted by Gasteiger charge is 2.19. The Bertz CT molecular complexity index is 1030. The third kappa shape index (κ3) is 3.69. The summed E-state index contributed by atoms with van der Waals surface area (Å²) in [5, 5.41) is 7.18. The van der Waals surface area contributed by atoms with Crippen LogP contribution in [-0.4, -0.2) is 24.7 Å². The van der Waals surface area contributed by atoms with E-state index in [1.165, 1.54) is 0 Å². The second-order valence-corrected chi connectivity index (χ2v) is 6.92. The van der Waals surface area contributed by atoms with E-state index >= 15 is 0 Å². The number of hydrogen-bond donors (Lipinski definition) is 1. The van der Waals surface area contributed by atoms with Crippen molar-refractivity contribution in [2.24, 2.45) is 0 Å². The number of imidazole rings is 1. The van der Waals surface area contributed by atoms with Gasteiger partial charge >= 0.3 is 0 Å². The largest absolute Gasteiger partial charge is 0.466 e. The molecule has 0 spiro atoms. The minimum absolute atomic E-state index is 0.241. The normalized spacial score (nSPS) is 12.4. The molecule has 3 heterocycles. The van der Waals surface area contributed by atoms with E-state index in [4.69, 9.17) is 9.40 Å². The molecule has 1 aromatic carbocycles. The van der Waals surface area contributed by atoms with Crippen LogP contribution in [0.5, 0.6) is 0 Å². The Morgan fingerprint density at radius 1 is 1.11 bits per heavy atom. The van der Waals surface area contributed by atoms with E-state index in [1.54, 1.807) is 0 Å². The first-order valence-corrected chi connectivity index (χ1v) is 9.14. The molecular weight excluding hydrogens is 338 g/mol. The topological polar surface area (TPSA) is 72.5 Å². The van der Waals surface area contributed by atoms with Crippen LogP contribution in [-0.2, 0) is 13.0 Å². The zero-order valence-electron chi connectivity index (χ0n) is 15.8. The fourth-order valence-corrected chi connectivity index (χ4v) is 3.32. The summed E-state index contributed by atoms with van der Waals surface area (Å²) in [6.45, 7) is 6.65. The Hall–Kier alpha value is -3.15. The molecule has 0 aliphatic carbocycles. The monoisotopic (exact) mass is 361 g/mol. The Morgan fingerprint density at radius 2 is 1.93 bits per heavy atom. The zero-order valence-corrected chi connectivity index (χ0v) is 15.8. The van der Waals surface area contributed by atoms with Crippen molar-refractivity contribution in [2.45, 2.75) is 39.7 Å². The van der Waals surface area contributed by atoms with Crippen molar-refractivity contribution in [1.82, 2.24) is 24.7 Å². The number of aromatic nitrogens is 5. The van der Waals surface area contributed by atoms with Gasteiger partial charge in [-0.25, -0.2) is 9.97 Å². The van der Waals surface area contributed by atoms with Gasteiger partial charge in [0, 0.05) is 17.2 Å². The number of benzene rings is 1. The van der Waals surface area contributed by atoms with Gasteiger partial charge in [-0.05, 0) is 32.4 Å². The number of H-pyrrole nitrogens is 1. The second kappa shape index (κ2) is 7.23. The van der Waals surface area contributed by atoms with Crippen LogP contribution in [0.1, 0.15) is 41.7 Å². The van der Waals surface area contributed by atoms with E-state index in [0.29, 0.717) is 6.54 Å². The first kappa shape index (κ1) is 17.3. The summed E-state index contributed by atoms with van der Waals surface area (Å²) < 4.78 is 7.98. The highest BCUT2D eigenvalue weighted by atomic mass is 16.3. The van der Waals surface area contributed by atoms with Gasteiger partial charge in [-0.1, -0.05) is 37.3 Å². The average Bonchev–Trinajstić information content (AvgIpc) is 3.38. The Morgan fingerprint density at radius 3 is 2.59 bits per heavy atom. The fraction of sp³-hybridized carbons (Fsp3) is 0.286. The summed E-state index contributed by atoms with van der Waals surface area (Å²) in [6.07, 6.45) is 2.70. The third-order valence-corrected chi connectivity index (χ3v) is 4.70. The first-order chi connectivity index (χ1) is 13.1. The number of furan rings is 1. The number of aryl methyl sites for hydroxylation is 2. The molecule has 0 saturated heterocycles. The number of hydrogen-bond acceptors (Lipinski definition) is 4. The molecule has 0 aliphatic rings. The van der Waals surface area contributed by atoms with Crippen molar-refractivity contribution in [3.05, 3.63) is 77.7 Å². The molecule has 0 radical (unpaired) electrons. The molecule has 0 aliphatic heterocycles. The molecule has 0 unspecified atom stereocenters. The Labute approximate surface area is 158 Å². The van der Waals surface area contributed by atoms with Gasteiger partial charge in [0.05, 0.1) is 18.6 Å². The predicted molar refractivity (Wildman–Crippen MR) is 103 cm³/mol. The van der Waals surface area contributed by atoms with E-state index in [9.17, 15) is 0 Å². The molecule has 1 atom stereocenters. The molecule has 1 N–H and O–H groups in total. The number of rotatable bonds is 6. The summed E-state index contributed by atoms with van der Waals surface area (Å²) in [5.74, 6) is 3.74. The standard InChI is InChI=1S/C21H23N5O/c1-14(19-10-9-15(2)27-19)11-18-21(17-7-5-4-6-8-17)22-13-26(18)12-20-23-16(3)24-25-20/h4-10,13-14H,11-12H2,1-3H3,(H,23,24,25)/t14-/m0/s1. The first-order valence-electron chi connectivity index (χ1n) is 9.14. The van der Waals surface area contributed by atoms with Crippen LogP contribution in [0.25, 0.3) is 11.3 Å². The SMILES string of the molecule is Cc1nc(Cn2cnc(-c3ccccc3)c2C[C@H](C)c2ccc(C)o2)n[nH]1. The van der Waals surface area contributed by atoms with E-state index in [0.717, 1.165) is 46.5 Å². The lowest BCUT2D eigenvalue weighted by Crippen LogP contribution is -2.09. The van der Waals surface area contributed by atoms with Crippen LogP contribution in [0.4, 0.5) is 0 Å². The molecule has 3 aromatic heterocycles. The van der Waals surface area contributed by atoms with Crippen LogP contribution in [0.2, 0.25) is 0 Å². The minimum atomic E-state index is 0.241. The highest BCUT2D eigenvalue weighted by Crippen LogP contribution is 2.29. The lowest BCUT2D eigenvalue weighted by molar-refractivity contribution is 0.448. The number of nitrogens with one attached hydrogen (secondary N) is 1. The van der Waals surface area contributed by atoms with Gasteiger partial charge in [0.15, 0.2) is 5.82 Å². The molecule has 138 valence electrons. The van der Waals surface area contributed by atoms with Crippen LogP contribution in [0.15, 0.2) is 53.2 Å². The van der Waals surface area contributed by atoms with E-state index in [-0.39, 0.29) is 5.92 Å². The van der Waals surface area contributed by atoms with Gasteiger partial charge in [-0.15, -0.1) is 0 Å². The Kier molecular flexibility index (Phi) is 4.62. The molecule has 4 aromatic rings. The molecule has 0 saturated carbocycles. The van der Waals surface area contributed by atoms with Gasteiger partial charge in [0.25, 0.3) is 0 Å². The average molecular weight is 361 g/mol. The van der Waals surface area contributed by atoms with Gasteiger partial charge in [-0.3, -0.25) is 5.10 Å². The molecular formula is C21H23N5O. The van der Waals surface area contributed by atoms with Gasteiger partial charge < -0.3 is 8.98 Å². The summed E-state index contributed by atoms with van der Waals surface area (Å²) in [7, 11) is 0. The quantitative estimate of drug-likeness (QED) is 0.556. The summed E-state index contributed by atoms with van der Waals surface area (Å²) in [4.78, 5) is 9.14. The fourth-order valence-electron chi connectivity index (χ4n) is 3.32. The molecule has 0 bridgehead atoms. The third-order valence-electron chi connectivity index (χ3n) is 4.70.